The van der Waals surface area contributed by atoms with Crippen LogP contribution in [0.2, 0.25) is 0 Å². The van der Waals surface area contributed by atoms with Crippen LogP contribution >= 0.6 is 0 Å². The largest absolute Gasteiger partial charge is 0.385 e. The van der Waals surface area contributed by atoms with Gasteiger partial charge in [-0.15, -0.1) is 0 Å². The summed E-state index contributed by atoms with van der Waals surface area (Å²) in [5.41, 5.74) is 1.81. The molecule has 0 aliphatic heterocycles. The fourth-order valence-corrected chi connectivity index (χ4v) is 3.22. The molecule has 0 unspecified atom stereocenters. The molecule has 1 saturated carbocycles. The highest BCUT2D eigenvalue weighted by molar-refractivity contribution is 5.31. The summed E-state index contributed by atoms with van der Waals surface area (Å²) in [5.74, 6) is 0.837. The lowest BCUT2D eigenvalue weighted by molar-refractivity contribution is -0.0157. The summed E-state index contributed by atoms with van der Waals surface area (Å²) >= 11 is 0. The average Bonchev–Trinajstić information content (AvgIpc) is 2.33. The Labute approximate surface area is 105 Å². The highest BCUT2D eigenvalue weighted by Crippen LogP contribution is 2.41. The molecule has 17 heavy (non-hydrogen) atoms. The molecule has 0 spiro atoms. The van der Waals surface area contributed by atoms with Gasteiger partial charge in [0.25, 0.3) is 0 Å². The minimum atomic E-state index is -0.560. The first-order valence-electron chi connectivity index (χ1n) is 6.94. The lowest BCUT2D eigenvalue weighted by Gasteiger charge is -2.37. The van der Waals surface area contributed by atoms with Crippen LogP contribution in [-0.4, -0.2) is 5.11 Å². The zero-order valence-electron chi connectivity index (χ0n) is 11.1. The second kappa shape index (κ2) is 5.22. The van der Waals surface area contributed by atoms with Gasteiger partial charge in [-0.05, 0) is 49.7 Å². The number of hydrogen-bond donors (Lipinski definition) is 1. The van der Waals surface area contributed by atoms with Crippen LogP contribution in [0.4, 0.5) is 0 Å². The van der Waals surface area contributed by atoms with E-state index in [2.05, 4.69) is 26.0 Å². The second-order valence-electron chi connectivity index (χ2n) is 5.58. The van der Waals surface area contributed by atoms with E-state index in [1.54, 1.807) is 0 Å². The Balaban J connectivity index is 2.10. The Morgan fingerprint density at radius 2 is 1.88 bits per heavy atom. The highest BCUT2D eigenvalue weighted by atomic mass is 16.3. The third kappa shape index (κ3) is 2.71. The van der Waals surface area contributed by atoms with Crippen LogP contribution in [0.25, 0.3) is 0 Å². The standard InChI is InChI=1S/C16H24O/c1-3-6-14-9-11-16(17,12-10-14)15-8-5-4-7-13(15)2/h4-5,7-8,14,17H,3,6,9-12H2,1-2H3. The lowest BCUT2D eigenvalue weighted by Crippen LogP contribution is -2.32. The maximum atomic E-state index is 10.8. The van der Waals surface area contributed by atoms with Crippen molar-refractivity contribution >= 4 is 0 Å². The summed E-state index contributed by atoms with van der Waals surface area (Å²) in [6.07, 6.45) is 6.82. The van der Waals surface area contributed by atoms with Crippen molar-refractivity contribution in [2.45, 2.75) is 58.0 Å². The minimum absolute atomic E-state index is 0.560. The average molecular weight is 232 g/mol. The Hall–Kier alpha value is -0.820. The van der Waals surface area contributed by atoms with Crippen molar-refractivity contribution in [1.29, 1.82) is 0 Å². The van der Waals surface area contributed by atoms with Crippen molar-refractivity contribution in [2.75, 3.05) is 0 Å². The van der Waals surface area contributed by atoms with Crippen molar-refractivity contribution in [3.05, 3.63) is 35.4 Å². The van der Waals surface area contributed by atoms with Gasteiger partial charge in [-0.3, -0.25) is 0 Å². The van der Waals surface area contributed by atoms with E-state index < -0.39 is 5.60 Å². The first-order chi connectivity index (χ1) is 8.15. The van der Waals surface area contributed by atoms with Gasteiger partial charge >= 0.3 is 0 Å². The van der Waals surface area contributed by atoms with E-state index >= 15 is 0 Å². The Kier molecular flexibility index (Phi) is 3.88. The molecule has 0 atom stereocenters. The zero-order chi connectivity index (χ0) is 12.3. The van der Waals surface area contributed by atoms with Gasteiger partial charge in [0.15, 0.2) is 0 Å². The maximum Gasteiger partial charge on any atom is 0.0899 e. The third-order valence-corrected chi connectivity index (χ3v) is 4.28. The molecule has 1 aliphatic rings. The minimum Gasteiger partial charge on any atom is -0.385 e. The number of aryl methyl sites for hydroxylation is 1. The summed E-state index contributed by atoms with van der Waals surface area (Å²) in [6.45, 7) is 4.35. The molecular weight excluding hydrogens is 208 g/mol. The van der Waals surface area contributed by atoms with Gasteiger partial charge in [0, 0.05) is 0 Å². The van der Waals surface area contributed by atoms with Crippen LogP contribution in [-0.2, 0) is 5.60 Å². The van der Waals surface area contributed by atoms with Crippen molar-refractivity contribution < 1.29 is 5.11 Å². The smallest absolute Gasteiger partial charge is 0.0899 e. The Morgan fingerprint density at radius 3 is 2.47 bits per heavy atom. The summed E-state index contributed by atoms with van der Waals surface area (Å²) in [4.78, 5) is 0. The Morgan fingerprint density at radius 1 is 1.24 bits per heavy atom. The fourth-order valence-electron chi connectivity index (χ4n) is 3.22. The number of aliphatic hydroxyl groups is 1. The van der Waals surface area contributed by atoms with Gasteiger partial charge < -0.3 is 5.11 Å². The van der Waals surface area contributed by atoms with Gasteiger partial charge in [0.1, 0.15) is 0 Å². The summed E-state index contributed by atoms with van der Waals surface area (Å²) in [6, 6.07) is 8.28. The summed E-state index contributed by atoms with van der Waals surface area (Å²) < 4.78 is 0. The van der Waals surface area contributed by atoms with E-state index in [1.165, 1.54) is 31.2 Å². The van der Waals surface area contributed by atoms with Crippen LogP contribution in [0, 0.1) is 12.8 Å². The van der Waals surface area contributed by atoms with Crippen molar-refractivity contribution in [1.82, 2.24) is 0 Å². The SMILES string of the molecule is CCCC1CCC(O)(c2ccccc2C)CC1. The van der Waals surface area contributed by atoms with Crippen LogP contribution < -0.4 is 0 Å². The lowest BCUT2D eigenvalue weighted by atomic mass is 9.73. The monoisotopic (exact) mass is 232 g/mol. The number of hydrogen-bond acceptors (Lipinski definition) is 1. The zero-order valence-corrected chi connectivity index (χ0v) is 11.1. The van der Waals surface area contributed by atoms with E-state index in [0.717, 1.165) is 24.3 Å². The van der Waals surface area contributed by atoms with Crippen molar-refractivity contribution in [3.63, 3.8) is 0 Å². The van der Waals surface area contributed by atoms with E-state index in [4.69, 9.17) is 0 Å². The van der Waals surface area contributed by atoms with Gasteiger partial charge in [-0.25, -0.2) is 0 Å². The van der Waals surface area contributed by atoms with E-state index in [0.29, 0.717) is 0 Å². The highest BCUT2D eigenvalue weighted by Gasteiger charge is 2.35. The molecule has 2 rings (SSSR count). The molecular formula is C16H24O. The van der Waals surface area contributed by atoms with Gasteiger partial charge in [-0.1, -0.05) is 44.0 Å². The number of rotatable bonds is 3. The predicted molar refractivity (Wildman–Crippen MR) is 71.9 cm³/mol. The fraction of sp³-hybridized carbons (Fsp3) is 0.625. The molecule has 0 radical (unpaired) electrons. The number of benzene rings is 1. The maximum absolute atomic E-state index is 10.8. The van der Waals surface area contributed by atoms with E-state index in [9.17, 15) is 5.11 Å². The van der Waals surface area contributed by atoms with Crippen molar-refractivity contribution in [3.8, 4) is 0 Å². The molecule has 1 N–H and O–H groups in total. The second-order valence-corrected chi connectivity index (χ2v) is 5.58. The molecule has 0 heterocycles. The molecule has 0 saturated heterocycles. The third-order valence-electron chi connectivity index (χ3n) is 4.28. The molecule has 0 aromatic heterocycles. The van der Waals surface area contributed by atoms with Crippen LogP contribution in [0.1, 0.15) is 56.6 Å². The molecule has 1 aliphatic carbocycles. The topological polar surface area (TPSA) is 20.2 Å². The van der Waals surface area contributed by atoms with Crippen LogP contribution in [0.15, 0.2) is 24.3 Å². The van der Waals surface area contributed by atoms with Gasteiger partial charge in [0.05, 0.1) is 5.60 Å². The molecule has 1 aromatic carbocycles. The van der Waals surface area contributed by atoms with Crippen LogP contribution in [0.5, 0.6) is 0 Å². The van der Waals surface area contributed by atoms with Crippen molar-refractivity contribution in [2.24, 2.45) is 5.92 Å². The van der Waals surface area contributed by atoms with Gasteiger partial charge in [-0.2, -0.15) is 0 Å². The first-order valence-corrected chi connectivity index (χ1v) is 6.94. The molecule has 1 nitrogen and oxygen atoms in total. The van der Waals surface area contributed by atoms with E-state index in [-0.39, 0.29) is 0 Å². The molecule has 1 aromatic rings. The normalized spacial score (nSPS) is 29.2. The summed E-state index contributed by atoms with van der Waals surface area (Å²) in [5, 5.41) is 10.8. The first kappa shape index (κ1) is 12.6. The summed E-state index contributed by atoms with van der Waals surface area (Å²) in [7, 11) is 0. The molecule has 0 bridgehead atoms. The quantitative estimate of drug-likeness (QED) is 0.829. The molecule has 0 amide bonds. The molecule has 94 valence electrons. The molecule has 1 fully saturated rings. The van der Waals surface area contributed by atoms with Crippen LogP contribution in [0.3, 0.4) is 0 Å². The predicted octanol–water partition coefficient (Wildman–Crippen LogP) is 4.17. The van der Waals surface area contributed by atoms with Gasteiger partial charge in [0.2, 0.25) is 0 Å². The van der Waals surface area contributed by atoms with E-state index in [1.807, 2.05) is 12.1 Å². The Bertz CT molecular complexity index is 362. The molecule has 1 heteroatoms.